The molecule has 0 aromatic carbocycles. The van der Waals surface area contributed by atoms with E-state index < -0.39 is 0 Å². The Morgan fingerprint density at radius 3 is 2.75 bits per heavy atom. The van der Waals surface area contributed by atoms with Crippen molar-refractivity contribution in [2.45, 2.75) is 38.7 Å². The Bertz CT molecular complexity index is 313. The van der Waals surface area contributed by atoms with E-state index in [0.29, 0.717) is 5.25 Å². The second-order valence-electron chi connectivity index (χ2n) is 4.34. The van der Waals surface area contributed by atoms with Crippen molar-refractivity contribution in [3.8, 4) is 0 Å². The first-order chi connectivity index (χ1) is 7.63. The lowest BCUT2D eigenvalue weighted by molar-refractivity contribution is 0.642. The lowest BCUT2D eigenvalue weighted by Gasteiger charge is -2.15. The van der Waals surface area contributed by atoms with E-state index in [4.69, 9.17) is 0 Å². The fourth-order valence-corrected chi connectivity index (χ4v) is 2.28. The minimum atomic E-state index is 0.704. The van der Waals surface area contributed by atoms with Crippen LogP contribution >= 0.6 is 11.8 Å². The molecule has 1 unspecified atom stereocenters. The van der Waals surface area contributed by atoms with Crippen LogP contribution in [0.3, 0.4) is 0 Å². The third kappa shape index (κ3) is 4.44. The number of nitrogens with one attached hydrogen (secondary N) is 1. The van der Waals surface area contributed by atoms with Gasteiger partial charge in [0.15, 0.2) is 0 Å². The van der Waals surface area contributed by atoms with Crippen LogP contribution in [0.25, 0.3) is 0 Å². The molecule has 16 heavy (non-hydrogen) atoms. The third-order valence-corrected chi connectivity index (χ3v) is 4.20. The molecular formula is C13H22N2S. The highest BCUT2D eigenvalue weighted by molar-refractivity contribution is 7.99. The summed E-state index contributed by atoms with van der Waals surface area (Å²) < 4.78 is 0. The van der Waals surface area contributed by atoms with E-state index in [1.54, 1.807) is 0 Å². The highest BCUT2D eigenvalue weighted by Crippen LogP contribution is 2.23. The summed E-state index contributed by atoms with van der Waals surface area (Å²) in [7, 11) is 0. The van der Waals surface area contributed by atoms with Gasteiger partial charge in [-0.3, -0.25) is 0 Å². The van der Waals surface area contributed by atoms with Gasteiger partial charge in [-0.15, -0.1) is 0 Å². The van der Waals surface area contributed by atoms with Crippen molar-refractivity contribution < 1.29 is 0 Å². The zero-order valence-corrected chi connectivity index (χ0v) is 11.5. The van der Waals surface area contributed by atoms with E-state index in [1.165, 1.54) is 5.56 Å². The summed E-state index contributed by atoms with van der Waals surface area (Å²) in [6.07, 6.45) is 1.88. The van der Waals surface area contributed by atoms with Crippen LogP contribution < -0.4 is 5.32 Å². The zero-order valence-electron chi connectivity index (χ0n) is 10.7. The molecule has 0 fully saturated rings. The molecule has 0 spiro atoms. The fraction of sp³-hybridized carbons (Fsp3) is 0.615. The van der Waals surface area contributed by atoms with Gasteiger partial charge in [0.05, 0.1) is 0 Å². The van der Waals surface area contributed by atoms with Crippen molar-refractivity contribution in [1.82, 2.24) is 4.98 Å². The molecule has 0 saturated heterocycles. The summed E-state index contributed by atoms with van der Waals surface area (Å²) >= 11 is 2.01. The molecule has 0 saturated carbocycles. The maximum absolute atomic E-state index is 4.27. The Balaban J connectivity index is 2.50. The monoisotopic (exact) mass is 238 g/mol. The van der Waals surface area contributed by atoms with E-state index in [-0.39, 0.29) is 0 Å². The largest absolute Gasteiger partial charge is 0.370 e. The van der Waals surface area contributed by atoms with Crippen molar-refractivity contribution in [2.24, 2.45) is 5.92 Å². The highest BCUT2D eigenvalue weighted by Gasteiger charge is 2.07. The number of nitrogens with zero attached hydrogens (tertiary/aromatic N) is 1. The molecule has 1 aromatic rings. The van der Waals surface area contributed by atoms with E-state index in [2.05, 4.69) is 50.1 Å². The minimum Gasteiger partial charge on any atom is -0.370 e. The molecule has 1 atom stereocenters. The van der Waals surface area contributed by atoms with Crippen molar-refractivity contribution in [3.63, 3.8) is 0 Å². The van der Waals surface area contributed by atoms with Crippen molar-refractivity contribution >= 4 is 17.6 Å². The lowest BCUT2D eigenvalue weighted by Crippen LogP contribution is -2.06. The Kier molecular flexibility index (Phi) is 5.67. The Labute approximate surface area is 103 Å². The topological polar surface area (TPSA) is 24.9 Å². The number of hydrogen-bond acceptors (Lipinski definition) is 3. The molecule has 0 aliphatic carbocycles. The number of rotatable bonds is 6. The zero-order chi connectivity index (χ0) is 12.0. The molecule has 0 bridgehead atoms. The molecule has 0 aliphatic rings. The summed E-state index contributed by atoms with van der Waals surface area (Å²) in [5.74, 6) is 2.79. The van der Waals surface area contributed by atoms with Gasteiger partial charge in [0, 0.05) is 23.7 Å². The van der Waals surface area contributed by atoms with E-state index in [0.717, 1.165) is 24.0 Å². The van der Waals surface area contributed by atoms with Gasteiger partial charge >= 0.3 is 0 Å². The van der Waals surface area contributed by atoms with Crippen LogP contribution in [-0.4, -0.2) is 16.8 Å². The summed E-state index contributed by atoms with van der Waals surface area (Å²) in [4.78, 5) is 4.27. The number of pyridine rings is 1. The van der Waals surface area contributed by atoms with Gasteiger partial charge in [0.25, 0.3) is 0 Å². The van der Waals surface area contributed by atoms with Crippen LogP contribution in [0.15, 0.2) is 18.3 Å². The summed E-state index contributed by atoms with van der Waals surface area (Å²) in [6.45, 7) is 9.85. The Morgan fingerprint density at radius 1 is 1.38 bits per heavy atom. The van der Waals surface area contributed by atoms with Crippen molar-refractivity contribution in [2.75, 3.05) is 11.9 Å². The first kappa shape index (κ1) is 13.4. The first-order valence-corrected chi connectivity index (χ1v) is 6.98. The van der Waals surface area contributed by atoms with Gasteiger partial charge < -0.3 is 5.32 Å². The fourth-order valence-electron chi connectivity index (χ4n) is 1.26. The predicted octanol–water partition coefficient (Wildman–Crippen LogP) is 3.79. The number of aromatic nitrogens is 1. The standard InChI is InChI=1S/C13H22N2S/c1-5-14-13-8-12(6-7-15-13)9-16-11(4)10(2)3/h6-8,10-11H,5,9H2,1-4H3,(H,14,15). The second kappa shape index (κ2) is 6.79. The van der Waals surface area contributed by atoms with Crippen LogP contribution in [0.2, 0.25) is 0 Å². The van der Waals surface area contributed by atoms with Crippen LogP contribution in [0.5, 0.6) is 0 Å². The van der Waals surface area contributed by atoms with Gasteiger partial charge in [-0.25, -0.2) is 4.98 Å². The summed E-state index contributed by atoms with van der Waals surface area (Å²) in [5, 5.41) is 3.94. The SMILES string of the molecule is CCNc1cc(CSC(C)C(C)C)ccn1. The van der Waals surface area contributed by atoms with Crippen LogP contribution in [0.4, 0.5) is 5.82 Å². The Hall–Kier alpha value is -0.700. The summed E-state index contributed by atoms with van der Waals surface area (Å²) in [6, 6.07) is 4.24. The molecule has 1 heterocycles. The van der Waals surface area contributed by atoms with Gasteiger partial charge in [-0.2, -0.15) is 11.8 Å². The molecule has 2 nitrogen and oxygen atoms in total. The molecule has 0 radical (unpaired) electrons. The average molecular weight is 238 g/mol. The number of anilines is 1. The smallest absolute Gasteiger partial charge is 0.126 e. The predicted molar refractivity (Wildman–Crippen MR) is 74.0 cm³/mol. The average Bonchev–Trinajstić information content (AvgIpc) is 2.26. The van der Waals surface area contributed by atoms with Gasteiger partial charge in [-0.05, 0) is 30.5 Å². The normalized spacial score (nSPS) is 12.8. The number of hydrogen-bond donors (Lipinski definition) is 1. The molecular weight excluding hydrogens is 216 g/mol. The van der Waals surface area contributed by atoms with Crippen LogP contribution in [-0.2, 0) is 5.75 Å². The molecule has 3 heteroatoms. The maximum atomic E-state index is 4.27. The molecule has 0 amide bonds. The van der Waals surface area contributed by atoms with E-state index in [1.807, 2.05) is 18.0 Å². The second-order valence-corrected chi connectivity index (χ2v) is 5.71. The van der Waals surface area contributed by atoms with Crippen molar-refractivity contribution in [3.05, 3.63) is 23.9 Å². The molecule has 1 aromatic heterocycles. The van der Waals surface area contributed by atoms with Crippen LogP contribution in [0.1, 0.15) is 33.3 Å². The Morgan fingerprint density at radius 2 is 2.12 bits per heavy atom. The maximum Gasteiger partial charge on any atom is 0.126 e. The minimum absolute atomic E-state index is 0.704. The van der Waals surface area contributed by atoms with Crippen molar-refractivity contribution in [1.29, 1.82) is 0 Å². The molecule has 1 N–H and O–H groups in total. The molecule has 0 aliphatic heterocycles. The lowest BCUT2D eigenvalue weighted by atomic mass is 10.2. The first-order valence-electron chi connectivity index (χ1n) is 5.94. The van der Waals surface area contributed by atoms with E-state index in [9.17, 15) is 0 Å². The van der Waals surface area contributed by atoms with Gasteiger partial charge in [0.1, 0.15) is 5.82 Å². The van der Waals surface area contributed by atoms with E-state index >= 15 is 0 Å². The van der Waals surface area contributed by atoms with Gasteiger partial charge in [0.2, 0.25) is 0 Å². The molecule has 1 rings (SSSR count). The summed E-state index contributed by atoms with van der Waals surface area (Å²) in [5.41, 5.74) is 1.35. The molecule has 90 valence electrons. The van der Waals surface area contributed by atoms with Crippen LogP contribution in [0, 0.1) is 5.92 Å². The quantitative estimate of drug-likeness (QED) is 0.816. The number of thioether (sulfide) groups is 1. The highest BCUT2D eigenvalue weighted by atomic mass is 32.2. The third-order valence-electron chi connectivity index (χ3n) is 2.63. The van der Waals surface area contributed by atoms with Gasteiger partial charge in [-0.1, -0.05) is 20.8 Å².